The maximum Gasteiger partial charge on any atom is 0.184 e. The molecule has 8 nitrogen and oxygen atoms in total. The van der Waals surface area contributed by atoms with Gasteiger partial charge in [0.15, 0.2) is 21.7 Å². The Labute approximate surface area is 131 Å². The fraction of sp³-hybridized carbons (Fsp3) is 0.0909. The zero-order chi connectivity index (χ0) is 15.8. The molecule has 0 unspecified atom stereocenters. The fourth-order valence-electron chi connectivity index (χ4n) is 1.32. The normalized spacial score (nSPS) is 10.7. The quantitative estimate of drug-likeness (QED) is 0.284. The molecule has 0 atom stereocenters. The van der Waals surface area contributed by atoms with Crippen LogP contribution in [-0.4, -0.2) is 34.9 Å². The molecule has 0 aliphatic heterocycles. The number of hydrogen-bond donors (Lipinski definition) is 5. The number of phenolic OH excluding ortho intramolecular Hbond substituents is 1. The van der Waals surface area contributed by atoms with Crippen LogP contribution in [0.15, 0.2) is 22.3 Å². The summed E-state index contributed by atoms with van der Waals surface area (Å²) < 4.78 is 5.07. The summed E-state index contributed by atoms with van der Waals surface area (Å²) in [6.45, 7) is 0. The number of hydrogen-bond acceptors (Lipinski definition) is 6. The number of nitrogens with two attached hydrogens (primary N) is 2. The number of rotatable bonds is 5. The zero-order valence-corrected chi connectivity index (χ0v) is 12.7. The largest absolute Gasteiger partial charge is 0.504 e. The molecule has 0 aromatic heterocycles. The van der Waals surface area contributed by atoms with Gasteiger partial charge in [-0.3, -0.25) is 10.9 Å². The third-order valence-corrected chi connectivity index (χ3v) is 2.30. The minimum absolute atomic E-state index is 0.0103. The van der Waals surface area contributed by atoms with Crippen molar-refractivity contribution in [3.8, 4) is 11.5 Å². The number of methoxy groups -OCH3 is 1. The lowest BCUT2D eigenvalue weighted by atomic mass is 10.1. The van der Waals surface area contributed by atoms with Gasteiger partial charge < -0.3 is 21.3 Å². The first-order valence-electron chi connectivity index (χ1n) is 5.52. The van der Waals surface area contributed by atoms with E-state index in [1.165, 1.54) is 19.5 Å². The molecule has 0 fully saturated rings. The molecular formula is C11H14N6O2S2. The molecule has 1 aromatic carbocycles. The maximum absolute atomic E-state index is 9.98. The predicted octanol–water partition coefficient (Wildman–Crippen LogP) is -0.265. The fourth-order valence-corrected chi connectivity index (χ4v) is 1.42. The molecule has 112 valence electrons. The minimum Gasteiger partial charge on any atom is -0.504 e. The van der Waals surface area contributed by atoms with Crippen LogP contribution >= 0.6 is 24.4 Å². The van der Waals surface area contributed by atoms with Crippen molar-refractivity contribution in [3.05, 3.63) is 23.3 Å². The molecule has 0 spiro atoms. The third-order valence-electron chi connectivity index (χ3n) is 2.11. The lowest BCUT2D eigenvalue weighted by molar-refractivity contribution is 0.373. The summed E-state index contributed by atoms with van der Waals surface area (Å²) in [7, 11) is 1.43. The van der Waals surface area contributed by atoms with Gasteiger partial charge in [-0.25, -0.2) is 0 Å². The molecule has 0 heterocycles. The molecular weight excluding hydrogens is 312 g/mol. The monoisotopic (exact) mass is 326 g/mol. The third kappa shape index (κ3) is 5.58. The molecule has 1 rings (SSSR count). The first-order valence-corrected chi connectivity index (χ1v) is 6.33. The Morgan fingerprint density at radius 3 is 2.29 bits per heavy atom. The molecule has 0 bridgehead atoms. The van der Waals surface area contributed by atoms with Crippen LogP contribution in [0.3, 0.4) is 0 Å². The van der Waals surface area contributed by atoms with E-state index < -0.39 is 0 Å². The summed E-state index contributed by atoms with van der Waals surface area (Å²) in [4.78, 5) is 0. The van der Waals surface area contributed by atoms with Gasteiger partial charge in [0.05, 0.1) is 19.5 Å². The van der Waals surface area contributed by atoms with Gasteiger partial charge in [-0.1, -0.05) is 0 Å². The van der Waals surface area contributed by atoms with Gasteiger partial charge in [-0.15, -0.1) is 0 Å². The zero-order valence-electron chi connectivity index (χ0n) is 11.0. The number of nitrogens with zero attached hydrogens (tertiary/aromatic N) is 2. The highest BCUT2D eigenvalue weighted by molar-refractivity contribution is 7.80. The average molecular weight is 326 g/mol. The van der Waals surface area contributed by atoms with E-state index in [1.54, 1.807) is 12.1 Å². The van der Waals surface area contributed by atoms with Crippen molar-refractivity contribution in [2.24, 2.45) is 21.7 Å². The molecule has 0 radical (unpaired) electrons. The van der Waals surface area contributed by atoms with Gasteiger partial charge in [0, 0.05) is 5.56 Å². The van der Waals surface area contributed by atoms with Crippen LogP contribution < -0.4 is 27.1 Å². The Kier molecular flexibility index (Phi) is 6.30. The van der Waals surface area contributed by atoms with Crippen molar-refractivity contribution in [1.29, 1.82) is 0 Å². The van der Waals surface area contributed by atoms with Crippen LogP contribution in [0.25, 0.3) is 0 Å². The van der Waals surface area contributed by atoms with Crippen LogP contribution in [0.5, 0.6) is 11.5 Å². The summed E-state index contributed by atoms with van der Waals surface area (Å²) in [6, 6.07) is 3.20. The van der Waals surface area contributed by atoms with Crippen molar-refractivity contribution in [3.63, 3.8) is 0 Å². The van der Waals surface area contributed by atoms with E-state index in [-0.39, 0.29) is 21.7 Å². The second-order valence-electron chi connectivity index (χ2n) is 3.63. The van der Waals surface area contributed by atoms with Crippen LogP contribution in [0.1, 0.15) is 11.1 Å². The Hall–Kier alpha value is -2.46. The predicted molar refractivity (Wildman–Crippen MR) is 89.7 cm³/mol. The molecule has 10 heteroatoms. The first-order chi connectivity index (χ1) is 9.93. The minimum atomic E-state index is -0.0783. The average Bonchev–Trinajstić information content (AvgIpc) is 2.40. The number of thiocarbonyl (C=S) groups is 2. The van der Waals surface area contributed by atoms with E-state index in [1.807, 2.05) is 0 Å². The molecule has 1 aromatic rings. The molecule has 0 saturated heterocycles. The molecule has 0 saturated carbocycles. The molecule has 0 amide bonds. The Morgan fingerprint density at radius 1 is 1.19 bits per heavy atom. The Bertz CT molecular complexity index is 603. The molecule has 21 heavy (non-hydrogen) atoms. The van der Waals surface area contributed by atoms with E-state index in [4.69, 9.17) is 16.2 Å². The number of ether oxygens (including phenoxy) is 1. The number of benzene rings is 1. The number of nitrogens with one attached hydrogen (secondary N) is 2. The molecule has 0 aliphatic rings. The van der Waals surface area contributed by atoms with E-state index in [2.05, 4.69) is 45.5 Å². The maximum atomic E-state index is 9.98. The lowest BCUT2D eigenvalue weighted by Gasteiger charge is -2.07. The summed E-state index contributed by atoms with van der Waals surface area (Å²) in [6.07, 6.45) is 2.80. The van der Waals surface area contributed by atoms with Crippen molar-refractivity contribution in [2.75, 3.05) is 7.11 Å². The standard InChI is InChI=1S/C11H14N6O2S2/c1-19-8-3-6(4-14-16-10(12)20)2-7(9(8)18)5-15-17-11(13)21/h2-5,18H,1H3,(H3,12,16,20)(H3,13,17,21)/b14-4-,15-5+. The summed E-state index contributed by atoms with van der Waals surface area (Å²) in [5, 5.41) is 17.6. The Balaban J connectivity index is 3.06. The SMILES string of the molecule is COc1cc(/C=N\NC(N)=S)cc(/C=N/NC(N)=S)c1O. The Morgan fingerprint density at radius 2 is 1.76 bits per heavy atom. The number of aromatic hydroxyl groups is 1. The number of phenols is 1. The summed E-state index contributed by atoms with van der Waals surface area (Å²) in [5.74, 6) is 0.177. The van der Waals surface area contributed by atoms with Gasteiger partial charge in [-0.05, 0) is 42.1 Å². The van der Waals surface area contributed by atoms with Gasteiger partial charge >= 0.3 is 0 Å². The van der Waals surface area contributed by atoms with E-state index in [0.29, 0.717) is 11.1 Å². The highest BCUT2D eigenvalue weighted by Crippen LogP contribution is 2.29. The van der Waals surface area contributed by atoms with Crippen LogP contribution in [0, 0.1) is 0 Å². The van der Waals surface area contributed by atoms with Crippen molar-refractivity contribution >= 4 is 47.1 Å². The summed E-state index contributed by atoms with van der Waals surface area (Å²) >= 11 is 9.23. The van der Waals surface area contributed by atoms with Crippen LogP contribution in [0.2, 0.25) is 0 Å². The van der Waals surface area contributed by atoms with Gasteiger partial charge in [0.1, 0.15) is 0 Å². The van der Waals surface area contributed by atoms with Crippen molar-refractivity contribution in [1.82, 2.24) is 10.9 Å². The highest BCUT2D eigenvalue weighted by atomic mass is 32.1. The van der Waals surface area contributed by atoms with E-state index in [9.17, 15) is 5.11 Å². The second-order valence-corrected chi connectivity index (χ2v) is 4.51. The van der Waals surface area contributed by atoms with E-state index in [0.717, 1.165) is 0 Å². The van der Waals surface area contributed by atoms with Gasteiger partial charge in [-0.2, -0.15) is 10.2 Å². The van der Waals surface area contributed by atoms with Gasteiger partial charge in [0.25, 0.3) is 0 Å². The number of hydrazone groups is 2. The molecule has 0 aliphatic carbocycles. The highest BCUT2D eigenvalue weighted by Gasteiger charge is 2.08. The first kappa shape index (κ1) is 16.6. The second kappa shape index (κ2) is 7.97. The molecule has 7 N–H and O–H groups in total. The topological polar surface area (TPSA) is 130 Å². The van der Waals surface area contributed by atoms with Crippen molar-refractivity contribution < 1.29 is 9.84 Å². The lowest BCUT2D eigenvalue weighted by Crippen LogP contribution is -2.24. The smallest absolute Gasteiger partial charge is 0.184 e. The van der Waals surface area contributed by atoms with Crippen molar-refractivity contribution in [2.45, 2.75) is 0 Å². The van der Waals surface area contributed by atoms with E-state index >= 15 is 0 Å². The van der Waals surface area contributed by atoms with Crippen LogP contribution in [-0.2, 0) is 0 Å². The van der Waals surface area contributed by atoms with Gasteiger partial charge in [0.2, 0.25) is 0 Å². The van der Waals surface area contributed by atoms with Crippen LogP contribution in [0.4, 0.5) is 0 Å². The summed E-state index contributed by atoms with van der Waals surface area (Å²) in [5.41, 5.74) is 16.3.